The maximum absolute atomic E-state index is 12.0. The first-order valence-corrected chi connectivity index (χ1v) is 8.41. The Hall–Kier alpha value is -1.63. The molecule has 0 aromatic carbocycles. The van der Waals surface area contributed by atoms with Crippen LogP contribution in [0.25, 0.3) is 0 Å². The quantitative estimate of drug-likeness (QED) is 0.784. The van der Waals surface area contributed by atoms with E-state index in [1.54, 1.807) is 13.0 Å². The number of rotatable bonds is 7. The lowest BCUT2D eigenvalue weighted by Gasteiger charge is -2.11. The Labute approximate surface area is 119 Å². The van der Waals surface area contributed by atoms with Crippen LogP contribution >= 0.6 is 0 Å². The van der Waals surface area contributed by atoms with E-state index in [2.05, 4.69) is 15.6 Å². The van der Waals surface area contributed by atoms with Crippen LogP contribution in [0.3, 0.4) is 0 Å². The fraction of sp³-hybridized carbons (Fsp3) is 0.538. The SMILES string of the molecule is CCNc1cc(C)ncc1C(=O)NCCS(=O)(=O)CC. The molecule has 0 unspecified atom stereocenters. The van der Waals surface area contributed by atoms with Crippen LogP contribution in [0.2, 0.25) is 0 Å². The minimum atomic E-state index is -3.07. The summed E-state index contributed by atoms with van der Waals surface area (Å²) in [5, 5.41) is 5.71. The second kappa shape index (κ2) is 7.23. The maximum Gasteiger partial charge on any atom is 0.254 e. The third-order valence-electron chi connectivity index (χ3n) is 2.79. The van der Waals surface area contributed by atoms with Crippen LogP contribution in [0, 0.1) is 6.92 Å². The molecule has 0 bridgehead atoms. The summed E-state index contributed by atoms with van der Waals surface area (Å²) in [4.78, 5) is 16.1. The molecule has 6 nitrogen and oxygen atoms in total. The number of carbonyl (C=O) groups excluding carboxylic acids is 1. The number of sulfone groups is 1. The van der Waals surface area contributed by atoms with Gasteiger partial charge in [0.05, 0.1) is 17.0 Å². The number of carbonyl (C=O) groups is 1. The van der Waals surface area contributed by atoms with Crippen molar-refractivity contribution in [3.05, 3.63) is 23.5 Å². The third-order valence-corrected chi connectivity index (χ3v) is 4.50. The van der Waals surface area contributed by atoms with Crippen molar-refractivity contribution >= 4 is 21.4 Å². The van der Waals surface area contributed by atoms with Crippen LogP contribution in [-0.4, -0.2) is 43.9 Å². The lowest BCUT2D eigenvalue weighted by molar-refractivity contribution is 0.0956. The molecule has 2 N–H and O–H groups in total. The molecular weight excluding hydrogens is 278 g/mol. The Kier molecular flexibility index (Phi) is 5.94. The normalized spacial score (nSPS) is 11.2. The van der Waals surface area contributed by atoms with Crippen molar-refractivity contribution in [3.63, 3.8) is 0 Å². The first kappa shape index (κ1) is 16.4. The average molecular weight is 299 g/mol. The summed E-state index contributed by atoms with van der Waals surface area (Å²) >= 11 is 0. The smallest absolute Gasteiger partial charge is 0.254 e. The molecule has 0 aliphatic carbocycles. The molecule has 0 aliphatic heterocycles. The highest BCUT2D eigenvalue weighted by molar-refractivity contribution is 7.91. The van der Waals surface area contributed by atoms with Crippen molar-refractivity contribution in [2.75, 3.05) is 29.9 Å². The molecule has 0 atom stereocenters. The standard InChI is InChI=1S/C13H21N3O3S/c1-4-14-12-8-10(3)16-9-11(12)13(17)15-6-7-20(18,19)5-2/h8-9H,4-7H2,1-3H3,(H,14,16)(H,15,17). The molecule has 112 valence electrons. The summed E-state index contributed by atoms with van der Waals surface area (Å²) < 4.78 is 22.7. The van der Waals surface area contributed by atoms with E-state index in [1.165, 1.54) is 6.20 Å². The van der Waals surface area contributed by atoms with Gasteiger partial charge in [0.2, 0.25) is 0 Å². The largest absolute Gasteiger partial charge is 0.385 e. The molecule has 1 aromatic heterocycles. The highest BCUT2D eigenvalue weighted by atomic mass is 32.2. The lowest BCUT2D eigenvalue weighted by atomic mass is 10.2. The maximum atomic E-state index is 12.0. The van der Waals surface area contributed by atoms with Crippen molar-refractivity contribution < 1.29 is 13.2 Å². The fourth-order valence-corrected chi connectivity index (χ4v) is 2.34. The van der Waals surface area contributed by atoms with E-state index in [-0.39, 0.29) is 24.0 Å². The molecule has 20 heavy (non-hydrogen) atoms. The predicted molar refractivity (Wildman–Crippen MR) is 79.8 cm³/mol. The van der Waals surface area contributed by atoms with Gasteiger partial charge in [0.1, 0.15) is 0 Å². The second-order valence-electron chi connectivity index (χ2n) is 4.39. The van der Waals surface area contributed by atoms with E-state index in [1.807, 2.05) is 13.8 Å². The number of nitrogens with zero attached hydrogens (tertiary/aromatic N) is 1. The van der Waals surface area contributed by atoms with E-state index in [4.69, 9.17) is 0 Å². The molecule has 1 rings (SSSR count). The Morgan fingerprint density at radius 3 is 2.65 bits per heavy atom. The number of anilines is 1. The number of hydrogen-bond acceptors (Lipinski definition) is 5. The van der Waals surface area contributed by atoms with Gasteiger partial charge in [-0.15, -0.1) is 0 Å². The number of hydrogen-bond donors (Lipinski definition) is 2. The molecule has 0 saturated carbocycles. The minimum Gasteiger partial charge on any atom is -0.385 e. The fourth-order valence-electron chi connectivity index (χ4n) is 1.64. The van der Waals surface area contributed by atoms with Gasteiger partial charge in [0, 0.05) is 30.7 Å². The predicted octanol–water partition coefficient (Wildman–Crippen LogP) is 0.986. The van der Waals surface area contributed by atoms with Crippen LogP contribution in [-0.2, 0) is 9.84 Å². The Bertz CT molecular complexity index is 570. The molecule has 1 heterocycles. The molecule has 0 radical (unpaired) electrons. The van der Waals surface area contributed by atoms with Gasteiger partial charge in [-0.1, -0.05) is 6.92 Å². The van der Waals surface area contributed by atoms with Crippen LogP contribution in [0.1, 0.15) is 29.9 Å². The first-order chi connectivity index (χ1) is 9.39. The minimum absolute atomic E-state index is 0.0505. The number of amides is 1. The van der Waals surface area contributed by atoms with Crippen molar-refractivity contribution in [1.29, 1.82) is 0 Å². The number of pyridine rings is 1. The summed E-state index contributed by atoms with van der Waals surface area (Å²) in [6.07, 6.45) is 1.50. The molecule has 0 spiro atoms. The van der Waals surface area contributed by atoms with Crippen LogP contribution in [0.5, 0.6) is 0 Å². The number of nitrogens with one attached hydrogen (secondary N) is 2. The second-order valence-corrected chi connectivity index (χ2v) is 6.87. The zero-order chi connectivity index (χ0) is 15.2. The van der Waals surface area contributed by atoms with Crippen molar-refractivity contribution in [3.8, 4) is 0 Å². The van der Waals surface area contributed by atoms with Gasteiger partial charge >= 0.3 is 0 Å². The zero-order valence-corrected chi connectivity index (χ0v) is 12.9. The summed E-state index contributed by atoms with van der Waals surface area (Å²) in [7, 11) is -3.07. The highest BCUT2D eigenvalue weighted by Crippen LogP contribution is 2.15. The summed E-state index contributed by atoms with van der Waals surface area (Å²) in [5.74, 6) is -0.289. The number of aromatic nitrogens is 1. The molecule has 0 aliphatic rings. The first-order valence-electron chi connectivity index (χ1n) is 6.58. The average Bonchev–Trinajstić information content (AvgIpc) is 2.39. The third kappa shape index (κ3) is 4.80. The summed E-state index contributed by atoms with van der Waals surface area (Å²) in [6, 6.07) is 1.79. The van der Waals surface area contributed by atoms with Gasteiger partial charge in [-0.2, -0.15) is 0 Å². The van der Waals surface area contributed by atoms with E-state index < -0.39 is 9.84 Å². The molecule has 0 fully saturated rings. The van der Waals surface area contributed by atoms with Gasteiger partial charge in [0.15, 0.2) is 9.84 Å². The zero-order valence-electron chi connectivity index (χ0n) is 12.1. The number of aryl methyl sites for hydroxylation is 1. The van der Waals surface area contributed by atoms with E-state index in [0.717, 1.165) is 5.69 Å². The van der Waals surface area contributed by atoms with Gasteiger partial charge in [-0.25, -0.2) is 8.42 Å². The Balaban J connectivity index is 2.72. The van der Waals surface area contributed by atoms with Gasteiger partial charge in [-0.3, -0.25) is 9.78 Å². The summed E-state index contributed by atoms with van der Waals surface area (Å²) in [5.41, 5.74) is 1.94. The van der Waals surface area contributed by atoms with Gasteiger partial charge in [0.25, 0.3) is 5.91 Å². The van der Waals surface area contributed by atoms with E-state index >= 15 is 0 Å². The molecule has 7 heteroatoms. The Morgan fingerprint density at radius 1 is 1.35 bits per heavy atom. The van der Waals surface area contributed by atoms with E-state index in [9.17, 15) is 13.2 Å². The molecule has 1 aromatic rings. The van der Waals surface area contributed by atoms with Crippen LogP contribution in [0.15, 0.2) is 12.3 Å². The van der Waals surface area contributed by atoms with Crippen LogP contribution in [0.4, 0.5) is 5.69 Å². The van der Waals surface area contributed by atoms with Gasteiger partial charge in [-0.05, 0) is 19.9 Å². The van der Waals surface area contributed by atoms with Crippen molar-refractivity contribution in [2.24, 2.45) is 0 Å². The van der Waals surface area contributed by atoms with Gasteiger partial charge < -0.3 is 10.6 Å². The monoisotopic (exact) mass is 299 g/mol. The van der Waals surface area contributed by atoms with Crippen molar-refractivity contribution in [1.82, 2.24) is 10.3 Å². The highest BCUT2D eigenvalue weighted by Gasteiger charge is 2.13. The van der Waals surface area contributed by atoms with Crippen molar-refractivity contribution in [2.45, 2.75) is 20.8 Å². The lowest BCUT2D eigenvalue weighted by Crippen LogP contribution is -2.30. The van der Waals surface area contributed by atoms with Crippen LogP contribution < -0.4 is 10.6 Å². The summed E-state index contributed by atoms with van der Waals surface area (Å²) in [6.45, 7) is 6.16. The topological polar surface area (TPSA) is 88.2 Å². The Morgan fingerprint density at radius 2 is 2.05 bits per heavy atom. The molecule has 1 amide bonds. The van der Waals surface area contributed by atoms with E-state index in [0.29, 0.717) is 17.8 Å². The molecule has 0 saturated heterocycles. The molecular formula is C13H21N3O3S.